The number of allylic oxidation sites excluding steroid dienone is 3. The Kier molecular flexibility index (Phi) is 7.17. The zero-order valence-electron chi connectivity index (χ0n) is 19.1. The molecule has 1 aromatic rings. The fraction of sp³-hybridized carbons (Fsp3) is 0.500. The highest BCUT2D eigenvalue weighted by Gasteiger charge is 2.25. The predicted molar refractivity (Wildman–Crippen MR) is 135 cm³/mol. The van der Waals surface area contributed by atoms with E-state index in [1.54, 1.807) is 6.08 Å². The molecular weight excluding hydrogens is 416 g/mol. The van der Waals surface area contributed by atoms with Crippen molar-refractivity contribution in [2.24, 2.45) is 10.4 Å². The molecule has 2 aliphatic heterocycles. The van der Waals surface area contributed by atoms with Crippen molar-refractivity contribution in [3.05, 3.63) is 58.7 Å². The molecule has 1 N–H and O–H groups in total. The van der Waals surface area contributed by atoms with E-state index < -0.39 is 0 Å². The molecule has 1 saturated heterocycles. The third-order valence-electron chi connectivity index (χ3n) is 6.57. The maximum Gasteiger partial charge on any atom is 0.293 e. The van der Waals surface area contributed by atoms with Crippen LogP contribution in [0, 0.1) is 12.0 Å². The Balaban J connectivity index is 1.54. The number of thioether (sulfide) groups is 1. The van der Waals surface area contributed by atoms with Crippen molar-refractivity contribution in [1.29, 1.82) is 0 Å². The average molecular weight is 449 g/mol. The van der Waals surface area contributed by atoms with E-state index in [0.29, 0.717) is 23.4 Å². The van der Waals surface area contributed by atoms with Crippen molar-refractivity contribution in [3.8, 4) is 0 Å². The highest BCUT2D eigenvalue weighted by molar-refractivity contribution is 7.99. The SMILES string of the molecule is [C-]#[N+]C1=CCC(C(=O)Nc2ccc(CCN3CCSCC3)cc2C2=CCC(C)(C)CC2)=N1. The summed E-state index contributed by atoms with van der Waals surface area (Å²) in [5.74, 6) is 2.55. The molecule has 6 heteroatoms. The van der Waals surface area contributed by atoms with Crippen molar-refractivity contribution in [3.63, 3.8) is 0 Å². The van der Waals surface area contributed by atoms with Gasteiger partial charge >= 0.3 is 0 Å². The first-order valence-electron chi connectivity index (χ1n) is 11.5. The number of carbonyl (C=O) groups excluding carboxylic acids is 1. The molecule has 2 heterocycles. The van der Waals surface area contributed by atoms with Crippen LogP contribution in [0.5, 0.6) is 0 Å². The van der Waals surface area contributed by atoms with E-state index >= 15 is 0 Å². The fourth-order valence-electron chi connectivity index (χ4n) is 4.38. The number of benzene rings is 1. The highest BCUT2D eigenvalue weighted by Crippen LogP contribution is 2.40. The Morgan fingerprint density at radius 2 is 2.09 bits per heavy atom. The summed E-state index contributed by atoms with van der Waals surface area (Å²) in [4.78, 5) is 22.9. The Morgan fingerprint density at radius 1 is 1.28 bits per heavy atom. The van der Waals surface area contributed by atoms with Gasteiger partial charge in [0.05, 0.1) is 0 Å². The van der Waals surface area contributed by atoms with Crippen molar-refractivity contribution >= 4 is 34.6 Å². The highest BCUT2D eigenvalue weighted by atomic mass is 32.2. The zero-order valence-corrected chi connectivity index (χ0v) is 19.9. The van der Waals surface area contributed by atoms with Crippen molar-refractivity contribution in [2.75, 3.05) is 36.5 Å². The standard InChI is InChI=1S/C26H32N4OS/c1-26(2)11-8-20(9-12-26)21-18-19(10-13-30-14-16-32-17-15-30)4-5-22(21)29-25(31)23-6-7-24(27-3)28-23/h4-5,7-8,18H,6,9-17H2,1-2H3,(H,29,31). The summed E-state index contributed by atoms with van der Waals surface area (Å²) in [6.45, 7) is 15.2. The largest absolute Gasteiger partial charge is 0.361 e. The van der Waals surface area contributed by atoms with Crippen LogP contribution in [0.2, 0.25) is 0 Å². The third kappa shape index (κ3) is 5.70. The van der Waals surface area contributed by atoms with E-state index in [4.69, 9.17) is 6.57 Å². The molecule has 1 aliphatic carbocycles. The van der Waals surface area contributed by atoms with Crippen LogP contribution in [0.15, 0.2) is 41.2 Å². The first-order chi connectivity index (χ1) is 15.4. The third-order valence-corrected chi connectivity index (χ3v) is 7.52. The summed E-state index contributed by atoms with van der Waals surface area (Å²) < 4.78 is 0. The van der Waals surface area contributed by atoms with Crippen LogP contribution >= 0.6 is 11.8 Å². The van der Waals surface area contributed by atoms with Crippen LogP contribution in [-0.4, -0.2) is 47.7 Å². The maximum atomic E-state index is 12.8. The van der Waals surface area contributed by atoms with E-state index in [9.17, 15) is 4.79 Å². The van der Waals surface area contributed by atoms with Crippen molar-refractivity contribution in [2.45, 2.75) is 46.0 Å². The van der Waals surface area contributed by atoms with Gasteiger partial charge in [-0.2, -0.15) is 11.8 Å². The lowest BCUT2D eigenvalue weighted by Gasteiger charge is -2.29. The molecule has 5 nitrogen and oxygen atoms in total. The molecule has 1 fully saturated rings. The second-order valence-corrected chi connectivity index (χ2v) is 10.8. The molecular formula is C26H32N4OS. The molecule has 0 atom stereocenters. The Hall–Kier alpha value is -2.36. The predicted octanol–water partition coefficient (Wildman–Crippen LogP) is 5.42. The van der Waals surface area contributed by atoms with Gasteiger partial charge < -0.3 is 15.1 Å². The van der Waals surface area contributed by atoms with Crippen LogP contribution in [0.25, 0.3) is 10.4 Å². The lowest BCUT2D eigenvalue weighted by Crippen LogP contribution is -2.34. The summed E-state index contributed by atoms with van der Waals surface area (Å²) in [7, 11) is 0. The molecule has 32 heavy (non-hydrogen) atoms. The van der Waals surface area contributed by atoms with Gasteiger partial charge in [0.15, 0.2) is 5.71 Å². The van der Waals surface area contributed by atoms with Gasteiger partial charge in [-0.1, -0.05) is 38.6 Å². The second kappa shape index (κ2) is 10.1. The van der Waals surface area contributed by atoms with Crippen LogP contribution in [-0.2, 0) is 11.2 Å². The smallest absolute Gasteiger partial charge is 0.293 e. The summed E-state index contributed by atoms with van der Waals surface area (Å²) in [6, 6.07) is 6.47. The minimum atomic E-state index is -0.212. The number of anilines is 1. The van der Waals surface area contributed by atoms with Gasteiger partial charge in [0.2, 0.25) is 0 Å². The van der Waals surface area contributed by atoms with E-state index in [2.05, 4.69) is 52.1 Å². The molecule has 0 unspecified atom stereocenters. The van der Waals surface area contributed by atoms with Crippen LogP contribution in [0.4, 0.5) is 5.69 Å². The summed E-state index contributed by atoms with van der Waals surface area (Å²) >= 11 is 2.04. The van der Waals surface area contributed by atoms with Gasteiger partial charge in [-0.05, 0) is 54.4 Å². The number of rotatable bonds is 6. The first kappa shape index (κ1) is 22.8. The van der Waals surface area contributed by atoms with Gasteiger partial charge in [0, 0.05) is 48.8 Å². The number of nitrogens with one attached hydrogen (secondary N) is 1. The van der Waals surface area contributed by atoms with Gasteiger partial charge in [-0.15, -0.1) is 4.99 Å². The number of carbonyl (C=O) groups is 1. The van der Waals surface area contributed by atoms with Gasteiger partial charge in [0.25, 0.3) is 11.7 Å². The molecule has 0 aromatic heterocycles. The number of aliphatic imine (C=N–C) groups is 1. The minimum Gasteiger partial charge on any atom is -0.361 e. The van der Waals surface area contributed by atoms with Crippen LogP contribution in [0.3, 0.4) is 0 Å². The molecule has 0 radical (unpaired) electrons. The molecule has 4 rings (SSSR count). The Morgan fingerprint density at radius 3 is 2.78 bits per heavy atom. The Bertz CT molecular complexity index is 1010. The van der Waals surface area contributed by atoms with E-state index in [1.165, 1.54) is 35.7 Å². The summed E-state index contributed by atoms with van der Waals surface area (Å²) in [5.41, 5.74) is 5.36. The van der Waals surface area contributed by atoms with E-state index in [1.807, 2.05) is 17.8 Å². The van der Waals surface area contributed by atoms with E-state index in [-0.39, 0.29) is 5.91 Å². The number of hydrogen-bond donors (Lipinski definition) is 1. The average Bonchev–Trinajstić information content (AvgIpc) is 3.29. The van der Waals surface area contributed by atoms with Crippen LogP contribution in [0.1, 0.15) is 50.7 Å². The van der Waals surface area contributed by atoms with Gasteiger partial charge in [-0.3, -0.25) is 4.79 Å². The monoisotopic (exact) mass is 448 g/mol. The quantitative estimate of drug-likeness (QED) is 0.592. The fourth-order valence-corrected chi connectivity index (χ4v) is 5.36. The van der Waals surface area contributed by atoms with Gasteiger partial charge in [0.1, 0.15) is 0 Å². The van der Waals surface area contributed by atoms with Crippen molar-refractivity contribution < 1.29 is 4.79 Å². The number of amides is 1. The molecule has 3 aliphatic rings. The summed E-state index contributed by atoms with van der Waals surface area (Å²) in [6.07, 6.45) is 8.72. The van der Waals surface area contributed by atoms with Gasteiger partial charge in [-0.25, -0.2) is 0 Å². The first-order valence-corrected chi connectivity index (χ1v) is 12.7. The van der Waals surface area contributed by atoms with E-state index in [0.717, 1.165) is 43.5 Å². The minimum absolute atomic E-state index is 0.212. The molecule has 0 saturated carbocycles. The topological polar surface area (TPSA) is 49.1 Å². The molecule has 0 spiro atoms. The number of hydrogen-bond acceptors (Lipinski definition) is 4. The summed E-state index contributed by atoms with van der Waals surface area (Å²) in [5, 5.41) is 3.09. The lowest BCUT2D eigenvalue weighted by atomic mass is 9.76. The molecule has 1 aromatic carbocycles. The normalized spacial score (nSPS) is 20.7. The maximum absolute atomic E-state index is 12.8. The number of nitrogens with zero attached hydrogens (tertiary/aromatic N) is 3. The molecule has 168 valence electrons. The van der Waals surface area contributed by atoms with Crippen LogP contribution < -0.4 is 5.32 Å². The molecule has 1 amide bonds. The lowest BCUT2D eigenvalue weighted by molar-refractivity contribution is -0.110. The Labute approximate surface area is 195 Å². The van der Waals surface area contributed by atoms with Crippen molar-refractivity contribution in [1.82, 2.24) is 4.90 Å². The molecule has 0 bridgehead atoms. The zero-order chi connectivity index (χ0) is 22.6. The second-order valence-electron chi connectivity index (χ2n) is 9.57.